The molecule has 4 rings (SSSR count). The Bertz CT molecular complexity index is 1230. The largest absolute Gasteiger partial charge is 0.493 e. The number of amidine groups is 2. The van der Waals surface area contributed by atoms with Crippen LogP contribution in [0.4, 0.5) is 4.39 Å². The fourth-order valence-electron chi connectivity index (χ4n) is 3.33. The molecular weight excluding hydrogens is 479 g/mol. The Hall–Kier alpha value is -3.17. The molecule has 34 heavy (non-hydrogen) atoms. The van der Waals surface area contributed by atoms with E-state index in [0.717, 1.165) is 29.9 Å². The predicted molar refractivity (Wildman–Crippen MR) is 133 cm³/mol. The molecule has 2 heterocycles. The summed E-state index contributed by atoms with van der Waals surface area (Å²) in [4.78, 5) is 16.8. The summed E-state index contributed by atoms with van der Waals surface area (Å²) < 4.78 is 24.4. The minimum atomic E-state index is -0.512. The Morgan fingerprint density at radius 2 is 2.03 bits per heavy atom. The van der Waals surface area contributed by atoms with Gasteiger partial charge in [0.05, 0.1) is 17.7 Å². The van der Waals surface area contributed by atoms with E-state index in [1.165, 1.54) is 42.1 Å². The number of halogens is 2. The summed E-state index contributed by atoms with van der Waals surface area (Å²) in [6.45, 7) is 2.26. The molecule has 0 saturated heterocycles. The number of nitrogens with one attached hydrogen (secondary N) is 1. The molecule has 0 fully saturated rings. The number of methoxy groups -OCH3 is 1. The number of rotatable bonds is 8. The minimum absolute atomic E-state index is 0.0410. The lowest BCUT2D eigenvalue weighted by atomic mass is 10.1. The number of hydrogen-bond acceptors (Lipinski definition) is 6. The second-order valence-corrected chi connectivity index (χ2v) is 9.01. The van der Waals surface area contributed by atoms with Crippen LogP contribution in [0.5, 0.6) is 11.5 Å². The highest BCUT2D eigenvalue weighted by Gasteiger charge is 2.35. The van der Waals surface area contributed by atoms with E-state index in [1.54, 1.807) is 24.3 Å². The summed E-state index contributed by atoms with van der Waals surface area (Å²) in [6, 6.07) is 9.23. The SMILES string of the molecule is CCCCC1=NN2C(=N)/C(=C\c3cc(Cl)c(OCc4ccc(F)cc4)c(OC)c3)C(=O)N=C2S1. The fraction of sp³-hybridized carbons (Fsp3) is 0.250. The van der Waals surface area contributed by atoms with Crippen LogP contribution >= 0.6 is 23.4 Å². The molecule has 2 aromatic carbocycles. The second kappa shape index (κ2) is 10.4. The van der Waals surface area contributed by atoms with Gasteiger partial charge in [-0.15, -0.1) is 0 Å². The van der Waals surface area contributed by atoms with Crippen molar-refractivity contribution in [2.75, 3.05) is 7.11 Å². The highest BCUT2D eigenvalue weighted by Crippen LogP contribution is 2.38. The van der Waals surface area contributed by atoms with Crippen LogP contribution < -0.4 is 9.47 Å². The highest BCUT2D eigenvalue weighted by molar-refractivity contribution is 8.26. The molecule has 0 bridgehead atoms. The predicted octanol–water partition coefficient (Wildman–Crippen LogP) is 5.88. The summed E-state index contributed by atoms with van der Waals surface area (Å²) in [6.07, 6.45) is 4.32. The van der Waals surface area contributed by atoms with Crippen molar-refractivity contribution >= 4 is 51.4 Å². The molecule has 2 aromatic rings. The quantitative estimate of drug-likeness (QED) is 0.457. The minimum Gasteiger partial charge on any atom is -0.493 e. The lowest BCUT2D eigenvalue weighted by molar-refractivity contribution is -0.114. The molecule has 2 aliphatic rings. The van der Waals surface area contributed by atoms with Crippen LogP contribution in [0, 0.1) is 11.2 Å². The summed E-state index contributed by atoms with van der Waals surface area (Å²) in [5.41, 5.74) is 1.41. The van der Waals surface area contributed by atoms with Gasteiger partial charge < -0.3 is 9.47 Å². The van der Waals surface area contributed by atoms with E-state index in [-0.39, 0.29) is 28.9 Å². The van der Waals surface area contributed by atoms with Gasteiger partial charge in [0, 0.05) is 0 Å². The molecule has 1 amide bonds. The van der Waals surface area contributed by atoms with E-state index >= 15 is 0 Å². The molecule has 0 aromatic heterocycles. The van der Waals surface area contributed by atoms with Gasteiger partial charge in [0.1, 0.15) is 17.5 Å². The average molecular weight is 501 g/mol. The van der Waals surface area contributed by atoms with Crippen molar-refractivity contribution in [1.82, 2.24) is 5.01 Å². The van der Waals surface area contributed by atoms with Crippen LogP contribution in [-0.4, -0.2) is 34.1 Å². The molecule has 0 unspecified atom stereocenters. The maximum absolute atomic E-state index is 13.1. The van der Waals surface area contributed by atoms with Gasteiger partial charge >= 0.3 is 0 Å². The number of hydrazone groups is 1. The molecule has 0 atom stereocenters. The van der Waals surface area contributed by atoms with Crippen molar-refractivity contribution in [3.05, 3.63) is 63.9 Å². The van der Waals surface area contributed by atoms with Crippen molar-refractivity contribution in [3.8, 4) is 11.5 Å². The summed E-state index contributed by atoms with van der Waals surface area (Å²) in [5, 5.41) is 15.9. The number of ether oxygens (including phenoxy) is 2. The van der Waals surface area contributed by atoms with Gasteiger partial charge in [-0.1, -0.05) is 37.1 Å². The first-order valence-corrected chi connectivity index (χ1v) is 11.8. The van der Waals surface area contributed by atoms with Crippen molar-refractivity contribution in [2.24, 2.45) is 10.1 Å². The van der Waals surface area contributed by atoms with Gasteiger partial charge in [0.15, 0.2) is 17.3 Å². The Kier molecular flexibility index (Phi) is 7.33. The van der Waals surface area contributed by atoms with E-state index in [0.29, 0.717) is 22.2 Å². The zero-order valence-electron chi connectivity index (χ0n) is 18.6. The Morgan fingerprint density at radius 1 is 1.26 bits per heavy atom. The molecule has 0 spiro atoms. The van der Waals surface area contributed by atoms with E-state index in [9.17, 15) is 9.18 Å². The van der Waals surface area contributed by atoms with E-state index in [1.807, 2.05) is 0 Å². The van der Waals surface area contributed by atoms with Gasteiger partial charge in [0.25, 0.3) is 5.91 Å². The Labute approximate surface area is 205 Å². The topological polar surface area (TPSA) is 87.3 Å². The first-order valence-electron chi connectivity index (χ1n) is 10.6. The molecule has 10 heteroatoms. The molecule has 0 aliphatic carbocycles. The zero-order chi connectivity index (χ0) is 24.2. The lowest BCUT2D eigenvalue weighted by Gasteiger charge is -2.20. The summed E-state index contributed by atoms with van der Waals surface area (Å²) in [7, 11) is 1.48. The van der Waals surface area contributed by atoms with Crippen LogP contribution in [-0.2, 0) is 11.4 Å². The average Bonchev–Trinajstić information content (AvgIpc) is 3.23. The van der Waals surface area contributed by atoms with E-state index < -0.39 is 5.91 Å². The van der Waals surface area contributed by atoms with Gasteiger partial charge in [-0.3, -0.25) is 10.2 Å². The number of carbonyl (C=O) groups excluding carboxylic acids is 1. The molecule has 2 aliphatic heterocycles. The van der Waals surface area contributed by atoms with Gasteiger partial charge in [-0.25, -0.2) is 4.39 Å². The number of carbonyl (C=O) groups is 1. The summed E-state index contributed by atoms with van der Waals surface area (Å²) in [5.74, 6) is -0.200. The molecule has 0 saturated carbocycles. The normalized spacial score (nSPS) is 16.5. The van der Waals surface area contributed by atoms with Crippen LogP contribution in [0.25, 0.3) is 6.08 Å². The molecular formula is C24H22ClFN4O3S. The molecule has 7 nitrogen and oxygen atoms in total. The van der Waals surface area contributed by atoms with Gasteiger partial charge in [0.2, 0.25) is 5.17 Å². The third-order valence-corrected chi connectivity index (χ3v) is 6.35. The number of hydrogen-bond donors (Lipinski definition) is 1. The van der Waals surface area contributed by atoms with Crippen molar-refractivity contribution in [3.63, 3.8) is 0 Å². The summed E-state index contributed by atoms with van der Waals surface area (Å²) >= 11 is 7.78. The molecule has 1 N–H and O–H groups in total. The van der Waals surface area contributed by atoms with E-state index in [2.05, 4.69) is 17.0 Å². The molecule has 176 valence electrons. The highest BCUT2D eigenvalue weighted by atomic mass is 35.5. The maximum Gasteiger partial charge on any atom is 0.283 e. The monoisotopic (exact) mass is 500 g/mol. The zero-order valence-corrected chi connectivity index (χ0v) is 20.2. The first kappa shape index (κ1) is 24.0. The smallest absolute Gasteiger partial charge is 0.283 e. The van der Waals surface area contributed by atoms with Crippen LogP contribution in [0.15, 0.2) is 52.1 Å². The third kappa shape index (κ3) is 5.15. The number of fused-ring (bicyclic) bond motifs is 1. The second-order valence-electron chi connectivity index (χ2n) is 7.57. The maximum atomic E-state index is 13.1. The van der Waals surface area contributed by atoms with Gasteiger partial charge in [-0.05, 0) is 66.1 Å². The lowest BCUT2D eigenvalue weighted by Crippen LogP contribution is -2.35. The Morgan fingerprint density at radius 3 is 2.74 bits per heavy atom. The number of amides is 1. The van der Waals surface area contributed by atoms with Gasteiger partial charge in [-0.2, -0.15) is 15.1 Å². The number of thioether (sulfide) groups is 1. The number of nitrogens with zero attached hydrogens (tertiary/aromatic N) is 3. The van der Waals surface area contributed by atoms with Crippen LogP contribution in [0.1, 0.15) is 37.3 Å². The van der Waals surface area contributed by atoms with Crippen LogP contribution in [0.2, 0.25) is 5.02 Å². The fourth-order valence-corrected chi connectivity index (χ4v) is 4.53. The third-order valence-electron chi connectivity index (χ3n) is 5.10. The number of benzene rings is 2. The standard InChI is InChI=1S/C24H22ClFN4O3S/c1-3-4-5-20-29-30-22(27)17(23(31)28-24(30)34-20)10-15-11-18(25)21(19(12-15)32-2)33-13-14-6-8-16(26)9-7-14/h6-12,27H,3-5,13H2,1-2H3/b17-10+,27-22?. The number of aliphatic imine (C=N–C) groups is 1. The van der Waals surface area contributed by atoms with Crippen LogP contribution in [0.3, 0.4) is 0 Å². The molecule has 0 radical (unpaired) electrons. The van der Waals surface area contributed by atoms with Crippen molar-refractivity contribution in [1.29, 1.82) is 5.41 Å². The Balaban J connectivity index is 1.57. The first-order chi connectivity index (χ1) is 16.4. The van der Waals surface area contributed by atoms with E-state index in [4.69, 9.17) is 26.5 Å². The van der Waals surface area contributed by atoms with Crippen molar-refractivity contribution < 1.29 is 18.7 Å². The van der Waals surface area contributed by atoms with Crippen molar-refractivity contribution in [2.45, 2.75) is 32.8 Å². The number of unbranched alkanes of at least 4 members (excludes halogenated alkanes) is 1.